The largest absolute Gasteiger partial charge is 0.382 e. The second-order valence-corrected chi connectivity index (χ2v) is 4.58. The van der Waals surface area contributed by atoms with Crippen LogP contribution in [0.5, 0.6) is 0 Å². The first-order valence-corrected chi connectivity index (χ1v) is 6.79. The second-order valence-electron chi connectivity index (χ2n) is 4.58. The Morgan fingerprint density at radius 3 is 2.11 bits per heavy atom. The molecule has 0 atom stereocenters. The number of anilines is 1. The molecular weight excluding hydrogens is 224 g/mol. The number of rotatable bonds is 7. The number of carbonyl (C=O) groups is 1. The van der Waals surface area contributed by atoms with Gasteiger partial charge in [-0.1, -0.05) is 26.7 Å². The van der Waals surface area contributed by atoms with Crippen LogP contribution in [-0.2, 0) is 0 Å². The molecule has 0 saturated carbocycles. The van der Waals surface area contributed by atoms with Crippen LogP contribution in [0.4, 0.5) is 5.69 Å². The van der Waals surface area contributed by atoms with Crippen LogP contribution in [0, 0.1) is 0 Å². The third-order valence-corrected chi connectivity index (χ3v) is 3.02. The van der Waals surface area contributed by atoms with Crippen molar-refractivity contribution in [2.75, 3.05) is 12.4 Å². The maximum atomic E-state index is 11.4. The third kappa shape index (κ3) is 4.40. The van der Waals surface area contributed by atoms with Crippen LogP contribution in [0.1, 0.15) is 49.9 Å². The lowest BCUT2D eigenvalue weighted by molar-refractivity contribution is 0.0963. The van der Waals surface area contributed by atoms with Gasteiger partial charge in [0, 0.05) is 24.3 Å². The second kappa shape index (κ2) is 7.75. The highest BCUT2D eigenvalue weighted by Crippen LogP contribution is 2.15. The molecule has 1 rings (SSSR count). The molecule has 18 heavy (non-hydrogen) atoms. The highest BCUT2D eigenvalue weighted by atomic mass is 16.1. The van der Waals surface area contributed by atoms with Gasteiger partial charge in [0.25, 0.3) is 5.91 Å². The zero-order valence-electron chi connectivity index (χ0n) is 11.6. The normalized spacial score (nSPS) is 10.4. The molecule has 2 N–H and O–H groups in total. The van der Waals surface area contributed by atoms with Crippen molar-refractivity contribution in [3.8, 4) is 0 Å². The van der Waals surface area contributed by atoms with Crippen LogP contribution < -0.4 is 10.6 Å². The Kier molecular flexibility index (Phi) is 6.26. The van der Waals surface area contributed by atoms with Gasteiger partial charge in [-0.3, -0.25) is 4.79 Å². The number of amides is 1. The quantitative estimate of drug-likeness (QED) is 0.776. The molecule has 0 saturated heterocycles. The Hall–Kier alpha value is -1.51. The molecule has 3 heteroatoms. The Morgan fingerprint density at radius 2 is 1.67 bits per heavy atom. The summed E-state index contributed by atoms with van der Waals surface area (Å²) in [7, 11) is 1.65. The molecular formula is C15H24N2O. The van der Waals surface area contributed by atoms with Crippen LogP contribution in [0.25, 0.3) is 0 Å². The lowest BCUT2D eigenvalue weighted by Gasteiger charge is -2.18. The fourth-order valence-corrected chi connectivity index (χ4v) is 2.08. The predicted molar refractivity (Wildman–Crippen MR) is 77.1 cm³/mol. The zero-order chi connectivity index (χ0) is 13.4. The number of hydrogen-bond acceptors (Lipinski definition) is 2. The van der Waals surface area contributed by atoms with Gasteiger partial charge >= 0.3 is 0 Å². The molecule has 0 unspecified atom stereocenters. The predicted octanol–water partition coefficient (Wildman–Crippen LogP) is 3.43. The van der Waals surface area contributed by atoms with Crippen molar-refractivity contribution in [3.63, 3.8) is 0 Å². The molecule has 1 amide bonds. The minimum atomic E-state index is -0.0415. The van der Waals surface area contributed by atoms with Gasteiger partial charge in [0.05, 0.1) is 0 Å². The van der Waals surface area contributed by atoms with Gasteiger partial charge in [0.1, 0.15) is 0 Å². The van der Waals surface area contributed by atoms with Gasteiger partial charge in [-0.15, -0.1) is 0 Å². The fourth-order valence-electron chi connectivity index (χ4n) is 2.08. The molecule has 0 aliphatic rings. The average Bonchev–Trinajstić information content (AvgIpc) is 2.39. The smallest absolute Gasteiger partial charge is 0.251 e. The van der Waals surface area contributed by atoms with Crippen LogP contribution in [0.2, 0.25) is 0 Å². The summed E-state index contributed by atoms with van der Waals surface area (Å²) in [6.45, 7) is 4.41. The van der Waals surface area contributed by atoms with Crippen molar-refractivity contribution >= 4 is 11.6 Å². The monoisotopic (exact) mass is 248 g/mol. The first-order valence-electron chi connectivity index (χ1n) is 6.79. The molecule has 0 bridgehead atoms. The van der Waals surface area contributed by atoms with E-state index in [1.54, 1.807) is 7.05 Å². The van der Waals surface area contributed by atoms with Gasteiger partial charge in [0.2, 0.25) is 0 Å². The summed E-state index contributed by atoms with van der Waals surface area (Å²) in [5.41, 5.74) is 1.79. The Labute approximate surface area is 110 Å². The van der Waals surface area contributed by atoms with Crippen molar-refractivity contribution in [3.05, 3.63) is 29.8 Å². The van der Waals surface area contributed by atoms with Gasteiger partial charge in [-0.25, -0.2) is 0 Å². The summed E-state index contributed by atoms with van der Waals surface area (Å²) >= 11 is 0. The van der Waals surface area contributed by atoms with Crippen molar-refractivity contribution < 1.29 is 4.79 Å². The Balaban J connectivity index is 2.63. The molecule has 0 heterocycles. The highest BCUT2D eigenvalue weighted by Gasteiger charge is 2.07. The molecule has 1 aromatic rings. The fraction of sp³-hybridized carbons (Fsp3) is 0.533. The minimum absolute atomic E-state index is 0.0415. The van der Waals surface area contributed by atoms with E-state index in [0.717, 1.165) is 5.69 Å². The van der Waals surface area contributed by atoms with Gasteiger partial charge in [-0.05, 0) is 37.1 Å². The molecule has 0 aliphatic heterocycles. The SMILES string of the molecule is CCCC(CCC)Nc1ccc(C(=O)NC)cc1. The summed E-state index contributed by atoms with van der Waals surface area (Å²) < 4.78 is 0. The Bertz CT molecular complexity index is 353. The van der Waals surface area contributed by atoms with E-state index in [9.17, 15) is 4.79 Å². The summed E-state index contributed by atoms with van der Waals surface area (Å²) in [5, 5.41) is 6.16. The molecule has 0 spiro atoms. The van der Waals surface area contributed by atoms with E-state index in [4.69, 9.17) is 0 Å². The summed E-state index contributed by atoms with van der Waals surface area (Å²) in [4.78, 5) is 11.4. The van der Waals surface area contributed by atoms with Gasteiger partial charge in [0.15, 0.2) is 0 Å². The number of hydrogen-bond donors (Lipinski definition) is 2. The first kappa shape index (κ1) is 14.6. The lowest BCUT2D eigenvalue weighted by atomic mass is 10.1. The first-order chi connectivity index (χ1) is 8.71. The van der Waals surface area contributed by atoms with E-state index >= 15 is 0 Å². The maximum Gasteiger partial charge on any atom is 0.251 e. The molecule has 0 radical (unpaired) electrons. The number of carbonyl (C=O) groups excluding carboxylic acids is 1. The molecule has 100 valence electrons. The number of benzene rings is 1. The van der Waals surface area contributed by atoms with Crippen LogP contribution in [-0.4, -0.2) is 19.0 Å². The topological polar surface area (TPSA) is 41.1 Å². The lowest BCUT2D eigenvalue weighted by Crippen LogP contribution is -2.20. The van der Waals surface area contributed by atoms with Crippen molar-refractivity contribution in [1.29, 1.82) is 0 Å². The summed E-state index contributed by atoms with van der Waals surface area (Å²) in [6.07, 6.45) is 4.75. The van der Waals surface area contributed by atoms with Gasteiger partial charge < -0.3 is 10.6 Å². The maximum absolute atomic E-state index is 11.4. The van der Waals surface area contributed by atoms with Gasteiger partial charge in [-0.2, -0.15) is 0 Å². The average molecular weight is 248 g/mol. The number of nitrogens with one attached hydrogen (secondary N) is 2. The highest BCUT2D eigenvalue weighted by molar-refractivity contribution is 5.94. The molecule has 1 aromatic carbocycles. The molecule has 0 fully saturated rings. The van der Waals surface area contributed by atoms with E-state index in [1.165, 1.54) is 25.7 Å². The van der Waals surface area contributed by atoms with Crippen molar-refractivity contribution in [2.24, 2.45) is 0 Å². The third-order valence-electron chi connectivity index (χ3n) is 3.02. The zero-order valence-corrected chi connectivity index (χ0v) is 11.6. The van der Waals surface area contributed by atoms with Crippen LogP contribution >= 0.6 is 0 Å². The summed E-state index contributed by atoms with van der Waals surface area (Å²) in [6, 6.07) is 8.20. The van der Waals surface area contributed by atoms with Crippen molar-refractivity contribution in [1.82, 2.24) is 5.32 Å². The molecule has 0 aromatic heterocycles. The summed E-state index contributed by atoms with van der Waals surface area (Å²) in [5.74, 6) is -0.0415. The van der Waals surface area contributed by atoms with E-state index in [-0.39, 0.29) is 5.91 Å². The van der Waals surface area contributed by atoms with E-state index < -0.39 is 0 Å². The van der Waals surface area contributed by atoms with Crippen LogP contribution in [0.15, 0.2) is 24.3 Å². The molecule has 3 nitrogen and oxygen atoms in total. The Morgan fingerprint density at radius 1 is 1.11 bits per heavy atom. The minimum Gasteiger partial charge on any atom is -0.382 e. The van der Waals surface area contributed by atoms with E-state index in [0.29, 0.717) is 11.6 Å². The van der Waals surface area contributed by atoms with Crippen LogP contribution in [0.3, 0.4) is 0 Å². The molecule has 0 aliphatic carbocycles. The van der Waals surface area contributed by atoms with E-state index in [2.05, 4.69) is 24.5 Å². The van der Waals surface area contributed by atoms with Crippen molar-refractivity contribution in [2.45, 2.75) is 45.6 Å². The van der Waals surface area contributed by atoms with E-state index in [1.807, 2.05) is 24.3 Å². The standard InChI is InChI=1S/C15H24N2O/c1-4-6-13(7-5-2)17-14-10-8-12(9-11-14)15(18)16-3/h8-11,13,17H,4-7H2,1-3H3,(H,16,18).